The Bertz CT molecular complexity index is 751. The molecule has 0 atom stereocenters. The Morgan fingerprint density at radius 1 is 1.11 bits per heavy atom. The molecular formula is C14H8BrN3. The van der Waals surface area contributed by atoms with E-state index in [4.69, 9.17) is 5.26 Å². The van der Waals surface area contributed by atoms with E-state index in [9.17, 15) is 0 Å². The van der Waals surface area contributed by atoms with Crippen molar-refractivity contribution in [2.24, 2.45) is 0 Å². The Morgan fingerprint density at radius 2 is 1.89 bits per heavy atom. The van der Waals surface area contributed by atoms with Crippen LogP contribution in [0.3, 0.4) is 0 Å². The standard InChI is InChI=1S/C14H8BrN3/c15-11-6-4-10(5-7-11)14-17-12(9-16)13-3-1-2-8-18(13)14/h1-8H. The molecule has 0 aliphatic carbocycles. The molecule has 1 aromatic carbocycles. The Hall–Kier alpha value is -2.12. The number of hydrogen-bond acceptors (Lipinski definition) is 2. The number of imidazole rings is 1. The average Bonchev–Trinajstić information content (AvgIpc) is 2.79. The molecule has 0 N–H and O–H groups in total. The maximum absolute atomic E-state index is 9.11. The van der Waals surface area contributed by atoms with Gasteiger partial charge in [0.2, 0.25) is 0 Å². The highest BCUT2D eigenvalue weighted by molar-refractivity contribution is 9.10. The molecule has 0 fully saturated rings. The van der Waals surface area contributed by atoms with Crippen LogP contribution in [0.15, 0.2) is 53.1 Å². The van der Waals surface area contributed by atoms with Crippen LogP contribution in [0.2, 0.25) is 0 Å². The third-order valence-corrected chi connectivity index (χ3v) is 3.29. The topological polar surface area (TPSA) is 41.1 Å². The van der Waals surface area contributed by atoms with Crippen molar-refractivity contribution in [2.75, 3.05) is 0 Å². The summed E-state index contributed by atoms with van der Waals surface area (Å²) in [5.41, 5.74) is 2.27. The number of hydrogen-bond donors (Lipinski definition) is 0. The van der Waals surface area contributed by atoms with Crippen LogP contribution < -0.4 is 0 Å². The van der Waals surface area contributed by atoms with Crippen molar-refractivity contribution in [1.82, 2.24) is 9.38 Å². The molecule has 2 aromatic heterocycles. The molecular weight excluding hydrogens is 290 g/mol. The monoisotopic (exact) mass is 297 g/mol. The molecule has 0 amide bonds. The minimum absolute atomic E-state index is 0.452. The SMILES string of the molecule is N#Cc1nc(-c2ccc(Br)cc2)n2ccccc12. The largest absolute Gasteiger partial charge is 0.298 e. The Morgan fingerprint density at radius 3 is 2.61 bits per heavy atom. The first-order valence-electron chi connectivity index (χ1n) is 5.43. The van der Waals surface area contributed by atoms with Crippen molar-refractivity contribution in [3.05, 3.63) is 58.8 Å². The summed E-state index contributed by atoms with van der Waals surface area (Å²) in [6.07, 6.45) is 1.92. The fraction of sp³-hybridized carbons (Fsp3) is 0. The second kappa shape index (κ2) is 4.28. The summed E-state index contributed by atoms with van der Waals surface area (Å²) in [5.74, 6) is 0.787. The van der Waals surface area contributed by atoms with Crippen molar-refractivity contribution in [3.8, 4) is 17.5 Å². The third-order valence-electron chi connectivity index (χ3n) is 2.76. The van der Waals surface area contributed by atoms with Gasteiger partial charge in [-0.15, -0.1) is 0 Å². The highest BCUT2D eigenvalue weighted by atomic mass is 79.9. The Balaban J connectivity index is 2.30. The van der Waals surface area contributed by atoms with Gasteiger partial charge in [-0.05, 0) is 24.3 Å². The van der Waals surface area contributed by atoms with E-state index < -0.39 is 0 Å². The van der Waals surface area contributed by atoms with E-state index in [-0.39, 0.29) is 0 Å². The van der Waals surface area contributed by atoms with E-state index in [2.05, 4.69) is 27.0 Å². The van der Waals surface area contributed by atoms with Gasteiger partial charge in [0.1, 0.15) is 11.9 Å². The second-order valence-corrected chi connectivity index (χ2v) is 4.77. The summed E-state index contributed by atoms with van der Waals surface area (Å²) in [6.45, 7) is 0. The number of rotatable bonds is 1. The summed E-state index contributed by atoms with van der Waals surface area (Å²) in [4.78, 5) is 4.39. The van der Waals surface area contributed by atoms with Crippen LogP contribution in [-0.2, 0) is 0 Å². The first-order valence-corrected chi connectivity index (χ1v) is 6.22. The molecule has 3 rings (SSSR count). The molecule has 2 heterocycles. The second-order valence-electron chi connectivity index (χ2n) is 3.86. The van der Waals surface area contributed by atoms with Gasteiger partial charge in [-0.3, -0.25) is 4.40 Å². The highest BCUT2D eigenvalue weighted by Gasteiger charge is 2.11. The van der Waals surface area contributed by atoms with E-state index in [1.807, 2.05) is 53.1 Å². The zero-order chi connectivity index (χ0) is 12.5. The summed E-state index contributed by atoms with van der Waals surface area (Å²) in [6, 6.07) is 15.7. The first-order chi connectivity index (χ1) is 8.79. The van der Waals surface area contributed by atoms with Crippen LogP contribution in [0, 0.1) is 11.3 Å². The number of fused-ring (bicyclic) bond motifs is 1. The molecule has 0 spiro atoms. The van der Waals surface area contributed by atoms with Gasteiger partial charge in [-0.2, -0.15) is 5.26 Å². The smallest absolute Gasteiger partial charge is 0.166 e. The predicted molar refractivity (Wildman–Crippen MR) is 73.0 cm³/mol. The zero-order valence-corrected chi connectivity index (χ0v) is 10.9. The van der Waals surface area contributed by atoms with Gasteiger partial charge in [0.25, 0.3) is 0 Å². The summed E-state index contributed by atoms with van der Waals surface area (Å²) < 4.78 is 2.95. The molecule has 3 nitrogen and oxygen atoms in total. The summed E-state index contributed by atoms with van der Waals surface area (Å²) in [5, 5.41) is 9.11. The Labute approximate surface area is 112 Å². The summed E-state index contributed by atoms with van der Waals surface area (Å²) >= 11 is 3.41. The minimum Gasteiger partial charge on any atom is -0.298 e. The molecule has 4 heteroatoms. The van der Waals surface area contributed by atoms with Gasteiger partial charge in [0.05, 0.1) is 5.52 Å². The van der Waals surface area contributed by atoms with Gasteiger partial charge in [0, 0.05) is 16.2 Å². The van der Waals surface area contributed by atoms with E-state index in [1.165, 1.54) is 0 Å². The molecule has 0 aliphatic heterocycles. The molecule has 86 valence electrons. The molecule has 0 unspecified atom stereocenters. The fourth-order valence-electron chi connectivity index (χ4n) is 1.92. The van der Waals surface area contributed by atoms with Gasteiger partial charge in [-0.1, -0.05) is 34.1 Å². The van der Waals surface area contributed by atoms with Crippen molar-refractivity contribution < 1.29 is 0 Å². The summed E-state index contributed by atoms with van der Waals surface area (Å²) in [7, 11) is 0. The lowest BCUT2D eigenvalue weighted by atomic mass is 10.2. The minimum atomic E-state index is 0.452. The molecule has 18 heavy (non-hydrogen) atoms. The van der Waals surface area contributed by atoms with Gasteiger partial charge < -0.3 is 0 Å². The van der Waals surface area contributed by atoms with Crippen molar-refractivity contribution in [2.45, 2.75) is 0 Å². The van der Waals surface area contributed by atoms with E-state index in [0.717, 1.165) is 21.4 Å². The number of aromatic nitrogens is 2. The van der Waals surface area contributed by atoms with E-state index in [1.54, 1.807) is 0 Å². The van der Waals surface area contributed by atoms with Gasteiger partial charge in [-0.25, -0.2) is 4.98 Å². The molecule has 0 radical (unpaired) electrons. The van der Waals surface area contributed by atoms with Crippen molar-refractivity contribution in [1.29, 1.82) is 5.26 Å². The lowest BCUT2D eigenvalue weighted by molar-refractivity contribution is 1.16. The van der Waals surface area contributed by atoms with Crippen LogP contribution in [0.25, 0.3) is 16.9 Å². The van der Waals surface area contributed by atoms with Gasteiger partial charge >= 0.3 is 0 Å². The number of nitriles is 1. The third kappa shape index (κ3) is 1.69. The molecule has 0 saturated carbocycles. The fourth-order valence-corrected chi connectivity index (χ4v) is 2.19. The highest BCUT2D eigenvalue weighted by Crippen LogP contribution is 2.23. The predicted octanol–water partition coefficient (Wildman–Crippen LogP) is 3.64. The van der Waals surface area contributed by atoms with Crippen molar-refractivity contribution >= 4 is 21.4 Å². The van der Waals surface area contributed by atoms with Crippen molar-refractivity contribution in [3.63, 3.8) is 0 Å². The van der Waals surface area contributed by atoms with Crippen LogP contribution in [0.4, 0.5) is 0 Å². The number of nitrogens with zero attached hydrogens (tertiary/aromatic N) is 3. The molecule has 0 saturated heterocycles. The Kier molecular flexibility index (Phi) is 2.62. The van der Waals surface area contributed by atoms with Crippen LogP contribution >= 0.6 is 15.9 Å². The number of pyridine rings is 1. The van der Waals surface area contributed by atoms with E-state index >= 15 is 0 Å². The van der Waals surface area contributed by atoms with Crippen LogP contribution in [-0.4, -0.2) is 9.38 Å². The maximum Gasteiger partial charge on any atom is 0.166 e. The lowest BCUT2D eigenvalue weighted by Crippen LogP contribution is -1.87. The number of halogens is 1. The van der Waals surface area contributed by atoms with Gasteiger partial charge in [0.15, 0.2) is 5.69 Å². The van der Waals surface area contributed by atoms with Crippen LogP contribution in [0.1, 0.15) is 5.69 Å². The maximum atomic E-state index is 9.11. The number of benzene rings is 1. The zero-order valence-electron chi connectivity index (χ0n) is 9.34. The van der Waals surface area contributed by atoms with E-state index in [0.29, 0.717) is 5.69 Å². The molecule has 0 aliphatic rings. The normalized spacial score (nSPS) is 10.4. The molecule has 0 bridgehead atoms. The first kappa shape index (κ1) is 11.0. The van der Waals surface area contributed by atoms with Crippen LogP contribution in [0.5, 0.6) is 0 Å². The quantitative estimate of drug-likeness (QED) is 0.688. The lowest BCUT2D eigenvalue weighted by Gasteiger charge is -2.00. The molecule has 3 aromatic rings. The average molecular weight is 298 g/mol.